The van der Waals surface area contributed by atoms with Gasteiger partial charge in [0.1, 0.15) is 4.21 Å². The van der Waals surface area contributed by atoms with Gasteiger partial charge >= 0.3 is 0 Å². The number of nitrogens with one attached hydrogen (secondary N) is 2. The summed E-state index contributed by atoms with van der Waals surface area (Å²) in [4.78, 5) is 1.11. The molecule has 0 aliphatic heterocycles. The maximum atomic E-state index is 12.3. The first-order chi connectivity index (χ1) is 9.31. The van der Waals surface area contributed by atoms with Crippen LogP contribution in [0, 0.1) is 0 Å². The predicted molar refractivity (Wildman–Crippen MR) is 83.7 cm³/mol. The fraction of sp³-hybridized carbons (Fsp3) is 0.714. The highest BCUT2D eigenvalue weighted by molar-refractivity contribution is 7.91. The minimum absolute atomic E-state index is 0.234. The molecule has 4 nitrogen and oxygen atoms in total. The topological polar surface area (TPSA) is 58.2 Å². The Labute approximate surface area is 126 Å². The second-order valence-corrected chi connectivity index (χ2v) is 9.18. The molecule has 0 amide bonds. The van der Waals surface area contributed by atoms with Gasteiger partial charge < -0.3 is 5.32 Å². The van der Waals surface area contributed by atoms with Gasteiger partial charge in [0.2, 0.25) is 0 Å². The maximum absolute atomic E-state index is 12.3. The molecular formula is C14H24N2O2S2. The molecule has 1 aromatic rings. The molecule has 0 atom stereocenters. The van der Waals surface area contributed by atoms with E-state index < -0.39 is 10.0 Å². The van der Waals surface area contributed by atoms with Crippen LogP contribution in [0.15, 0.2) is 16.3 Å². The van der Waals surface area contributed by atoms with Crippen molar-refractivity contribution in [3.8, 4) is 0 Å². The molecular weight excluding hydrogens is 292 g/mol. The monoisotopic (exact) mass is 316 g/mol. The molecule has 20 heavy (non-hydrogen) atoms. The van der Waals surface area contributed by atoms with Crippen molar-refractivity contribution in [2.24, 2.45) is 0 Å². The molecule has 6 heteroatoms. The average molecular weight is 316 g/mol. The molecule has 1 saturated carbocycles. The van der Waals surface area contributed by atoms with Crippen LogP contribution in [0.1, 0.15) is 44.9 Å². The molecule has 1 fully saturated rings. The van der Waals surface area contributed by atoms with Crippen LogP contribution in [0.3, 0.4) is 0 Å². The highest BCUT2D eigenvalue weighted by atomic mass is 32.2. The van der Waals surface area contributed by atoms with Gasteiger partial charge in [0, 0.05) is 23.0 Å². The molecule has 0 radical (unpaired) electrons. The molecule has 0 spiro atoms. The first kappa shape index (κ1) is 15.9. The lowest BCUT2D eigenvalue weighted by Crippen LogP contribution is -2.50. The van der Waals surface area contributed by atoms with Crippen LogP contribution in [0.25, 0.3) is 0 Å². The molecule has 0 aromatic carbocycles. The number of thiophene rings is 1. The minimum Gasteiger partial charge on any atom is -0.314 e. The summed E-state index contributed by atoms with van der Waals surface area (Å²) in [5.74, 6) is 0. The summed E-state index contributed by atoms with van der Waals surface area (Å²) >= 11 is 1.38. The number of sulfonamides is 1. The highest BCUT2D eigenvalue weighted by Crippen LogP contribution is 2.33. The van der Waals surface area contributed by atoms with Crippen molar-refractivity contribution in [3.05, 3.63) is 17.0 Å². The van der Waals surface area contributed by atoms with Crippen LogP contribution < -0.4 is 10.0 Å². The van der Waals surface area contributed by atoms with Gasteiger partial charge in [0.05, 0.1) is 0 Å². The van der Waals surface area contributed by atoms with Crippen molar-refractivity contribution >= 4 is 21.4 Å². The van der Waals surface area contributed by atoms with Gasteiger partial charge in [-0.2, -0.15) is 0 Å². The lowest BCUT2D eigenvalue weighted by molar-refractivity contribution is 0.248. The standard InChI is InChI=1S/C14H24N2O2S2/c1-11(2)15-10-7-12-5-6-13(19-12)20(17,18)16-14(3)8-4-9-14/h5-6,11,15-16H,4,7-10H2,1-3H3. The largest absolute Gasteiger partial charge is 0.314 e. The second kappa shape index (κ2) is 6.13. The summed E-state index contributed by atoms with van der Waals surface area (Å²) < 4.78 is 27.9. The quantitative estimate of drug-likeness (QED) is 0.812. The Bertz CT molecular complexity index is 545. The molecule has 0 saturated heterocycles. The molecule has 0 unspecified atom stereocenters. The van der Waals surface area contributed by atoms with E-state index in [2.05, 4.69) is 23.9 Å². The van der Waals surface area contributed by atoms with Gasteiger partial charge in [-0.1, -0.05) is 13.8 Å². The average Bonchev–Trinajstić information content (AvgIpc) is 2.75. The highest BCUT2D eigenvalue weighted by Gasteiger charge is 2.36. The van der Waals surface area contributed by atoms with Gasteiger partial charge in [-0.05, 0) is 44.7 Å². The molecule has 1 heterocycles. The van der Waals surface area contributed by atoms with Crippen LogP contribution in [-0.2, 0) is 16.4 Å². The third-order valence-electron chi connectivity index (χ3n) is 3.66. The van der Waals surface area contributed by atoms with Crippen molar-refractivity contribution in [1.29, 1.82) is 0 Å². The Kier molecular flexibility index (Phi) is 4.89. The lowest BCUT2D eigenvalue weighted by Gasteiger charge is -2.38. The van der Waals surface area contributed by atoms with Crippen LogP contribution in [0.4, 0.5) is 0 Å². The Balaban J connectivity index is 1.96. The summed E-state index contributed by atoms with van der Waals surface area (Å²) in [5, 5.41) is 3.34. The van der Waals surface area contributed by atoms with Crippen molar-refractivity contribution in [2.75, 3.05) is 6.54 Å². The van der Waals surface area contributed by atoms with Crippen molar-refractivity contribution in [3.63, 3.8) is 0 Å². The van der Waals surface area contributed by atoms with Crippen LogP contribution in [0.2, 0.25) is 0 Å². The van der Waals surface area contributed by atoms with E-state index in [1.165, 1.54) is 11.3 Å². The zero-order chi connectivity index (χ0) is 14.8. The summed E-state index contributed by atoms with van der Waals surface area (Å²) in [5.41, 5.74) is -0.234. The SMILES string of the molecule is CC(C)NCCc1ccc(S(=O)(=O)NC2(C)CCC2)s1. The van der Waals surface area contributed by atoms with Crippen LogP contribution >= 0.6 is 11.3 Å². The molecule has 1 aromatic heterocycles. The van der Waals surface area contributed by atoms with E-state index >= 15 is 0 Å². The van der Waals surface area contributed by atoms with E-state index in [9.17, 15) is 8.42 Å². The summed E-state index contributed by atoms with van der Waals surface area (Å²) in [6.07, 6.45) is 3.84. The van der Waals surface area contributed by atoms with Crippen molar-refractivity contribution in [2.45, 2.75) is 62.2 Å². The van der Waals surface area contributed by atoms with Gasteiger partial charge in [-0.3, -0.25) is 0 Å². The van der Waals surface area contributed by atoms with Gasteiger partial charge in [0.25, 0.3) is 10.0 Å². The van der Waals surface area contributed by atoms with E-state index in [1.807, 2.05) is 13.0 Å². The van der Waals surface area contributed by atoms with E-state index in [4.69, 9.17) is 0 Å². The fourth-order valence-corrected chi connectivity index (χ4v) is 5.13. The first-order valence-electron chi connectivity index (χ1n) is 7.17. The lowest BCUT2D eigenvalue weighted by atomic mass is 9.80. The third-order valence-corrected chi connectivity index (χ3v) is 6.94. The molecule has 1 aliphatic carbocycles. The Morgan fingerprint density at radius 2 is 2.05 bits per heavy atom. The minimum atomic E-state index is -3.35. The molecule has 1 aliphatic rings. The Morgan fingerprint density at radius 1 is 1.35 bits per heavy atom. The summed E-state index contributed by atoms with van der Waals surface area (Å²) in [6.45, 7) is 7.07. The third kappa shape index (κ3) is 4.04. The Hall–Kier alpha value is -0.430. The summed E-state index contributed by atoms with van der Waals surface area (Å²) in [6, 6.07) is 4.10. The zero-order valence-electron chi connectivity index (χ0n) is 12.4. The normalized spacial score (nSPS) is 18.2. The Morgan fingerprint density at radius 3 is 2.60 bits per heavy atom. The maximum Gasteiger partial charge on any atom is 0.250 e. The van der Waals surface area contributed by atoms with Gasteiger partial charge in [-0.15, -0.1) is 11.3 Å². The zero-order valence-corrected chi connectivity index (χ0v) is 14.0. The van der Waals surface area contributed by atoms with E-state index in [-0.39, 0.29) is 5.54 Å². The molecule has 2 N–H and O–H groups in total. The number of rotatable bonds is 7. The van der Waals surface area contributed by atoms with Crippen molar-refractivity contribution in [1.82, 2.24) is 10.0 Å². The predicted octanol–water partition coefficient (Wildman–Crippen LogP) is 2.51. The number of hydrogen-bond acceptors (Lipinski definition) is 4. The van der Waals surface area contributed by atoms with E-state index in [1.54, 1.807) is 6.07 Å². The van der Waals surface area contributed by atoms with Crippen LogP contribution in [-0.4, -0.2) is 26.5 Å². The number of hydrogen-bond donors (Lipinski definition) is 2. The van der Waals surface area contributed by atoms with Crippen LogP contribution in [0.5, 0.6) is 0 Å². The fourth-order valence-electron chi connectivity index (χ4n) is 2.30. The molecule has 2 rings (SSSR count). The molecule has 114 valence electrons. The van der Waals surface area contributed by atoms with Gasteiger partial charge in [-0.25, -0.2) is 13.1 Å². The van der Waals surface area contributed by atoms with E-state index in [0.717, 1.165) is 37.1 Å². The summed E-state index contributed by atoms with van der Waals surface area (Å²) in [7, 11) is -3.35. The van der Waals surface area contributed by atoms with Gasteiger partial charge in [0.15, 0.2) is 0 Å². The van der Waals surface area contributed by atoms with E-state index in [0.29, 0.717) is 10.3 Å². The van der Waals surface area contributed by atoms with Crippen molar-refractivity contribution < 1.29 is 8.42 Å². The first-order valence-corrected chi connectivity index (χ1v) is 9.47. The molecule has 0 bridgehead atoms. The smallest absolute Gasteiger partial charge is 0.250 e. The second-order valence-electron chi connectivity index (χ2n) is 6.10.